The number of nitrogens with zero attached hydrogens (tertiary/aromatic N) is 1. The molecule has 0 amide bonds. The van der Waals surface area contributed by atoms with Crippen LogP contribution in [0.4, 0.5) is 26.3 Å². The largest absolute Gasteiger partial charge is 0.443 e. The number of hydrogen-bond acceptors (Lipinski definition) is 4. The van der Waals surface area contributed by atoms with Gasteiger partial charge in [0.2, 0.25) is 0 Å². The van der Waals surface area contributed by atoms with Gasteiger partial charge in [0.25, 0.3) is 0 Å². The zero-order valence-electron chi connectivity index (χ0n) is 7.30. The summed E-state index contributed by atoms with van der Waals surface area (Å²) in [6, 6.07) is 0. The molecular formula is C5HF6NO3S2. The highest BCUT2D eigenvalue weighted by Crippen LogP contribution is 2.41. The first-order valence-corrected chi connectivity index (χ1v) is 5.72. The van der Waals surface area contributed by atoms with Crippen molar-refractivity contribution in [2.75, 3.05) is 0 Å². The van der Waals surface area contributed by atoms with Crippen LogP contribution in [0.25, 0.3) is 0 Å². The van der Waals surface area contributed by atoms with E-state index in [1.54, 1.807) is 0 Å². The molecule has 1 heterocycles. The Bertz CT molecular complexity index is 527. The van der Waals surface area contributed by atoms with E-state index in [9.17, 15) is 34.8 Å². The van der Waals surface area contributed by atoms with E-state index in [0.29, 0.717) is 0 Å². The summed E-state index contributed by atoms with van der Waals surface area (Å²) in [6.07, 6.45) is -10.6. The van der Waals surface area contributed by atoms with Gasteiger partial charge in [-0.25, -0.2) is 4.98 Å². The third-order valence-electron chi connectivity index (χ3n) is 1.34. The van der Waals surface area contributed by atoms with Crippen LogP contribution in [-0.4, -0.2) is 18.0 Å². The second-order valence-electron chi connectivity index (χ2n) is 2.63. The maximum Gasteiger partial charge on any atom is 0.443 e. The van der Waals surface area contributed by atoms with Crippen molar-refractivity contribution in [2.24, 2.45) is 0 Å². The fourth-order valence-corrected chi connectivity index (χ4v) is 2.53. The SMILES string of the molecule is O=S(=O)(O)c1sc(C(F)(F)F)nc1C(F)(F)F. The predicted octanol–water partition coefficient (Wildman–Crippen LogP) is 2.43. The highest BCUT2D eigenvalue weighted by atomic mass is 32.3. The summed E-state index contributed by atoms with van der Waals surface area (Å²) in [5.41, 5.74) is -2.28. The van der Waals surface area contributed by atoms with E-state index in [2.05, 4.69) is 4.98 Å². The quantitative estimate of drug-likeness (QED) is 0.639. The van der Waals surface area contributed by atoms with Crippen molar-refractivity contribution >= 4 is 21.5 Å². The van der Waals surface area contributed by atoms with Crippen molar-refractivity contribution in [3.63, 3.8) is 0 Å². The maximum absolute atomic E-state index is 12.2. The molecule has 0 fully saturated rings. The first kappa shape index (κ1) is 14.2. The molecule has 98 valence electrons. The fourth-order valence-electron chi connectivity index (χ4n) is 0.781. The van der Waals surface area contributed by atoms with Crippen molar-refractivity contribution < 1.29 is 39.3 Å². The van der Waals surface area contributed by atoms with E-state index in [1.165, 1.54) is 0 Å². The Morgan fingerprint density at radius 2 is 1.53 bits per heavy atom. The van der Waals surface area contributed by atoms with Gasteiger partial charge in [0.15, 0.2) is 14.9 Å². The molecule has 0 aliphatic heterocycles. The van der Waals surface area contributed by atoms with Crippen LogP contribution >= 0.6 is 11.3 Å². The molecule has 0 saturated carbocycles. The van der Waals surface area contributed by atoms with Gasteiger partial charge in [-0.05, 0) is 0 Å². The minimum atomic E-state index is -5.42. The Morgan fingerprint density at radius 1 is 1.06 bits per heavy atom. The standard InChI is InChI=1S/C5HF6NO3S2/c6-4(7,8)1-2(17(13,14)15)16-3(12-1)5(9,10)11/h(H,13,14,15). The molecule has 0 radical (unpaired) electrons. The van der Waals surface area contributed by atoms with E-state index in [1.807, 2.05) is 0 Å². The van der Waals surface area contributed by atoms with Crippen LogP contribution in [-0.2, 0) is 22.5 Å². The van der Waals surface area contributed by atoms with Gasteiger partial charge in [-0.3, -0.25) is 4.55 Å². The predicted molar refractivity (Wildman–Crippen MR) is 41.9 cm³/mol. The van der Waals surface area contributed by atoms with Crippen LogP contribution in [0.1, 0.15) is 10.7 Å². The molecule has 0 aromatic carbocycles. The molecule has 0 bridgehead atoms. The number of thiazole rings is 1. The fraction of sp³-hybridized carbons (Fsp3) is 0.400. The van der Waals surface area contributed by atoms with E-state index >= 15 is 0 Å². The molecule has 0 spiro atoms. The molecule has 1 N–H and O–H groups in total. The van der Waals surface area contributed by atoms with Crippen LogP contribution in [0.5, 0.6) is 0 Å². The van der Waals surface area contributed by atoms with Gasteiger partial charge >= 0.3 is 22.5 Å². The van der Waals surface area contributed by atoms with Crippen molar-refractivity contribution in [3.05, 3.63) is 10.7 Å². The van der Waals surface area contributed by atoms with Crippen molar-refractivity contribution in [1.82, 2.24) is 4.98 Å². The summed E-state index contributed by atoms with van der Waals surface area (Å²) in [5.74, 6) is 0. The van der Waals surface area contributed by atoms with E-state index in [0.717, 1.165) is 0 Å². The minimum Gasteiger partial charge on any atom is -0.281 e. The average Bonchev–Trinajstić information content (AvgIpc) is 2.42. The highest BCUT2D eigenvalue weighted by molar-refractivity contribution is 7.88. The minimum absolute atomic E-state index is 0.794. The van der Waals surface area contributed by atoms with E-state index in [-0.39, 0.29) is 0 Å². The van der Waals surface area contributed by atoms with Crippen molar-refractivity contribution in [2.45, 2.75) is 16.6 Å². The third-order valence-corrected chi connectivity index (χ3v) is 3.78. The van der Waals surface area contributed by atoms with Gasteiger partial charge in [0, 0.05) is 0 Å². The Balaban J connectivity index is 3.55. The van der Waals surface area contributed by atoms with Crippen molar-refractivity contribution in [3.8, 4) is 0 Å². The lowest BCUT2D eigenvalue weighted by Crippen LogP contribution is -2.12. The third kappa shape index (κ3) is 3.07. The molecule has 0 aliphatic rings. The zero-order chi connectivity index (χ0) is 13.6. The summed E-state index contributed by atoms with van der Waals surface area (Å²) >= 11 is -0.794. The normalized spacial score (nSPS) is 14.1. The van der Waals surface area contributed by atoms with Crippen LogP contribution in [0.15, 0.2) is 4.21 Å². The monoisotopic (exact) mass is 301 g/mol. The van der Waals surface area contributed by atoms with Crippen LogP contribution < -0.4 is 0 Å². The number of aromatic nitrogens is 1. The van der Waals surface area contributed by atoms with Gasteiger partial charge in [-0.1, -0.05) is 11.3 Å². The number of halogens is 6. The second-order valence-corrected chi connectivity index (χ2v) is 5.24. The van der Waals surface area contributed by atoms with Gasteiger partial charge in [0.05, 0.1) is 0 Å². The van der Waals surface area contributed by atoms with Gasteiger partial charge in [0.1, 0.15) is 0 Å². The highest BCUT2D eigenvalue weighted by Gasteiger charge is 2.46. The van der Waals surface area contributed by atoms with E-state index in [4.69, 9.17) is 4.55 Å². The zero-order valence-corrected chi connectivity index (χ0v) is 8.93. The summed E-state index contributed by atoms with van der Waals surface area (Å²) in [7, 11) is -5.42. The molecule has 1 rings (SSSR count). The summed E-state index contributed by atoms with van der Waals surface area (Å²) < 4.78 is 100. The van der Waals surface area contributed by atoms with Crippen molar-refractivity contribution in [1.29, 1.82) is 0 Å². The van der Waals surface area contributed by atoms with Crippen LogP contribution in [0.3, 0.4) is 0 Å². The Labute approximate surface area is 93.6 Å². The van der Waals surface area contributed by atoms with Crippen LogP contribution in [0.2, 0.25) is 0 Å². The molecule has 0 aliphatic carbocycles. The summed E-state index contributed by atoms with van der Waals surface area (Å²) in [6.45, 7) is 0. The van der Waals surface area contributed by atoms with E-state index < -0.39 is 48.7 Å². The van der Waals surface area contributed by atoms with Gasteiger partial charge in [-0.2, -0.15) is 34.8 Å². The average molecular weight is 301 g/mol. The topological polar surface area (TPSA) is 67.3 Å². The number of alkyl halides is 6. The lowest BCUT2D eigenvalue weighted by Gasteiger charge is -2.03. The number of hydrogen-bond donors (Lipinski definition) is 1. The molecular weight excluding hydrogens is 300 g/mol. The Hall–Kier alpha value is -0.880. The molecule has 0 saturated heterocycles. The molecule has 1 aromatic heterocycles. The van der Waals surface area contributed by atoms with Crippen LogP contribution in [0, 0.1) is 0 Å². The lowest BCUT2D eigenvalue weighted by molar-refractivity contribution is -0.148. The molecule has 4 nitrogen and oxygen atoms in total. The molecule has 12 heteroatoms. The van der Waals surface area contributed by atoms with Gasteiger partial charge < -0.3 is 0 Å². The smallest absolute Gasteiger partial charge is 0.281 e. The number of rotatable bonds is 1. The molecule has 1 aromatic rings. The molecule has 0 unspecified atom stereocenters. The first-order valence-electron chi connectivity index (χ1n) is 3.46. The lowest BCUT2D eigenvalue weighted by atomic mass is 10.5. The Kier molecular flexibility index (Phi) is 3.18. The Morgan fingerprint density at radius 3 is 1.76 bits per heavy atom. The maximum atomic E-state index is 12.2. The summed E-state index contributed by atoms with van der Waals surface area (Å²) in [5, 5.41) is -2.00. The molecule has 17 heavy (non-hydrogen) atoms. The molecule has 0 atom stereocenters. The first-order chi connectivity index (χ1) is 7.33. The second kappa shape index (κ2) is 3.81. The summed E-state index contributed by atoms with van der Waals surface area (Å²) in [4.78, 5) is 2.15. The van der Waals surface area contributed by atoms with Gasteiger partial charge in [-0.15, -0.1) is 0 Å².